The van der Waals surface area contributed by atoms with E-state index in [0.29, 0.717) is 42.6 Å². The summed E-state index contributed by atoms with van der Waals surface area (Å²) in [6.07, 6.45) is 17.3. The van der Waals surface area contributed by atoms with Crippen molar-refractivity contribution < 1.29 is 34.5 Å². The highest BCUT2D eigenvalue weighted by Crippen LogP contribution is 2.17. The minimum atomic E-state index is -1.17. The second kappa shape index (κ2) is 28.3. The molecule has 0 aliphatic rings. The highest BCUT2D eigenvalue weighted by molar-refractivity contribution is 5.94. The first-order valence-electron chi connectivity index (χ1n) is 21.8. The predicted octanol–water partition coefficient (Wildman–Crippen LogP) is 6.62. The van der Waals surface area contributed by atoms with Crippen LogP contribution in [0.15, 0.2) is 72.8 Å². The van der Waals surface area contributed by atoms with Crippen LogP contribution in [0.5, 0.6) is 17.2 Å². The van der Waals surface area contributed by atoms with E-state index < -0.39 is 35.8 Å². The van der Waals surface area contributed by atoms with Crippen molar-refractivity contribution in [1.29, 1.82) is 0 Å². The SMILES string of the molecule is CCCCCCCCCCCCCCCC(=O)N[C@@H](Cc1ccc(O)cc1)C(=O)N[C@@H](Cc1ccc(O)cc1)C(=O)N[C@@H](Cc1ccc(O)cc1)C(=O)NCCCCN. The first-order chi connectivity index (χ1) is 28.6. The molecule has 0 aliphatic carbocycles. The second-order valence-corrected chi connectivity index (χ2v) is 15.6. The van der Waals surface area contributed by atoms with Crippen molar-refractivity contribution in [3.63, 3.8) is 0 Å². The third-order valence-corrected chi connectivity index (χ3v) is 10.5. The molecule has 0 aromatic heterocycles. The second-order valence-electron chi connectivity index (χ2n) is 15.6. The highest BCUT2D eigenvalue weighted by atomic mass is 16.3. The lowest BCUT2D eigenvalue weighted by molar-refractivity contribution is -0.133. The van der Waals surface area contributed by atoms with Gasteiger partial charge in [-0.3, -0.25) is 19.2 Å². The Bertz CT molecular complexity index is 1650. The van der Waals surface area contributed by atoms with E-state index in [4.69, 9.17) is 5.73 Å². The van der Waals surface area contributed by atoms with Gasteiger partial charge in [0.25, 0.3) is 0 Å². The largest absolute Gasteiger partial charge is 0.508 e. The summed E-state index contributed by atoms with van der Waals surface area (Å²) in [5, 5.41) is 41.0. The molecule has 0 radical (unpaired) electrons. The molecule has 59 heavy (non-hydrogen) atoms. The van der Waals surface area contributed by atoms with Gasteiger partial charge in [-0.1, -0.05) is 120 Å². The van der Waals surface area contributed by atoms with Crippen LogP contribution in [0.4, 0.5) is 0 Å². The number of phenolic OH excluding ortho intramolecular Hbond substituents is 3. The molecule has 0 aliphatic heterocycles. The average molecular weight is 816 g/mol. The fraction of sp³-hybridized carbons (Fsp3) is 0.532. The van der Waals surface area contributed by atoms with E-state index in [1.54, 1.807) is 36.4 Å². The van der Waals surface area contributed by atoms with Crippen LogP contribution in [0.25, 0.3) is 0 Å². The van der Waals surface area contributed by atoms with Crippen LogP contribution in [0.3, 0.4) is 0 Å². The fourth-order valence-corrected chi connectivity index (χ4v) is 6.95. The van der Waals surface area contributed by atoms with Crippen molar-refractivity contribution >= 4 is 23.6 Å². The molecular formula is C47H69N5O7. The van der Waals surface area contributed by atoms with Crippen LogP contribution in [0, 0.1) is 0 Å². The fourth-order valence-electron chi connectivity index (χ4n) is 6.95. The van der Waals surface area contributed by atoms with Crippen molar-refractivity contribution in [3.8, 4) is 17.2 Å². The van der Waals surface area contributed by atoms with Gasteiger partial charge in [-0.2, -0.15) is 0 Å². The van der Waals surface area contributed by atoms with E-state index in [-0.39, 0.29) is 48.8 Å². The zero-order valence-electron chi connectivity index (χ0n) is 35.1. The molecule has 9 N–H and O–H groups in total. The summed E-state index contributed by atoms with van der Waals surface area (Å²) in [6, 6.07) is 15.7. The van der Waals surface area contributed by atoms with Gasteiger partial charge in [0.2, 0.25) is 23.6 Å². The Morgan fingerprint density at radius 2 is 0.831 bits per heavy atom. The zero-order valence-corrected chi connectivity index (χ0v) is 35.1. The number of amides is 4. The number of benzene rings is 3. The Balaban J connectivity index is 1.69. The number of carbonyl (C=O) groups excluding carboxylic acids is 4. The van der Waals surface area contributed by atoms with Crippen molar-refractivity contribution in [3.05, 3.63) is 89.5 Å². The van der Waals surface area contributed by atoms with Crippen LogP contribution < -0.4 is 27.0 Å². The van der Waals surface area contributed by atoms with Crippen molar-refractivity contribution in [2.24, 2.45) is 5.73 Å². The monoisotopic (exact) mass is 816 g/mol. The molecule has 12 nitrogen and oxygen atoms in total. The van der Waals surface area contributed by atoms with E-state index >= 15 is 0 Å². The molecule has 0 heterocycles. The van der Waals surface area contributed by atoms with Gasteiger partial charge in [0.15, 0.2) is 0 Å². The third-order valence-electron chi connectivity index (χ3n) is 10.5. The summed E-state index contributed by atoms with van der Waals surface area (Å²) < 4.78 is 0. The molecule has 3 aromatic carbocycles. The summed E-state index contributed by atoms with van der Waals surface area (Å²) in [4.78, 5) is 55.0. The van der Waals surface area contributed by atoms with E-state index in [1.807, 2.05) is 0 Å². The van der Waals surface area contributed by atoms with Gasteiger partial charge in [-0.25, -0.2) is 0 Å². The van der Waals surface area contributed by atoms with Crippen molar-refractivity contribution in [2.75, 3.05) is 13.1 Å². The summed E-state index contributed by atoms with van der Waals surface area (Å²) in [5.74, 6) is -1.71. The molecule has 0 saturated heterocycles. The van der Waals surface area contributed by atoms with Gasteiger partial charge in [-0.05, 0) is 78.9 Å². The van der Waals surface area contributed by atoms with Crippen molar-refractivity contribution in [1.82, 2.24) is 21.3 Å². The van der Waals surface area contributed by atoms with Gasteiger partial charge in [0.1, 0.15) is 35.4 Å². The molecule has 0 fully saturated rings. The van der Waals surface area contributed by atoms with Crippen LogP contribution in [0.2, 0.25) is 0 Å². The van der Waals surface area contributed by atoms with E-state index in [1.165, 1.54) is 94.2 Å². The summed E-state index contributed by atoms with van der Waals surface area (Å²) in [5.41, 5.74) is 7.66. The molecular weight excluding hydrogens is 747 g/mol. The zero-order chi connectivity index (χ0) is 42.7. The molecule has 12 heteroatoms. The lowest BCUT2D eigenvalue weighted by Gasteiger charge is -2.26. The minimum Gasteiger partial charge on any atom is -0.508 e. The molecule has 3 aromatic rings. The summed E-state index contributed by atoms with van der Waals surface area (Å²) >= 11 is 0. The number of hydrogen-bond acceptors (Lipinski definition) is 8. The van der Waals surface area contributed by atoms with E-state index in [0.717, 1.165) is 25.7 Å². The number of hydrogen-bond donors (Lipinski definition) is 8. The Kier molecular flexibility index (Phi) is 23.2. The summed E-state index contributed by atoms with van der Waals surface area (Å²) in [7, 11) is 0. The maximum absolute atomic E-state index is 14.1. The quantitative estimate of drug-likeness (QED) is 0.0343. The van der Waals surface area contributed by atoms with Gasteiger partial charge in [0, 0.05) is 32.2 Å². The third kappa shape index (κ3) is 20.4. The number of unbranched alkanes of at least 4 members (excludes halogenated alkanes) is 13. The Hall–Kier alpha value is -5.10. The van der Waals surface area contributed by atoms with Gasteiger partial charge in [-0.15, -0.1) is 0 Å². The first kappa shape index (κ1) is 48.3. The van der Waals surface area contributed by atoms with Crippen molar-refractivity contribution in [2.45, 2.75) is 147 Å². The first-order valence-corrected chi connectivity index (χ1v) is 21.8. The van der Waals surface area contributed by atoms with E-state index in [2.05, 4.69) is 28.2 Å². The number of phenols is 3. The molecule has 3 rings (SSSR count). The molecule has 3 atom stereocenters. The van der Waals surface area contributed by atoms with Gasteiger partial charge >= 0.3 is 0 Å². The molecule has 0 saturated carbocycles. The number of aromatic hydroxyl groups is 3. The molecule has 0 bridgehead atoms. The Morgan fingerprint density at radius 3 is 1.22 bits per heavy atom. The average Bonchev–Trinajstić information content (AvgIpc) is 3.22. The number of rotatable bonds is 30. The predicted molar refractivity (Wildman–Crippen MR) is 233 cm³/mol. The number of nitrogens with one attached hydrogen (secondary N) is 4. The normalized spacial score (nSPS) is 12.6. The van der Waals surface area contributed by atoms with Gasteiger partial charge in [0.05, 0.1) is 0 Å². The maximum Gasteiger partial charge on any atom is 0.243 e. The van der Waals surface area contributed by atoms with Gasteiger partial charge < -0.3 is 42.3 Å². The lowest BCUT2D eigenvalue weighted by Crippen LogP contribution is -2.58. The highest BCUT2D eigenvalue weighted by Gasteiger charge is 2.30. The topological polar surface area (TPSA) is 203 Å². The minimum absolute atomic E-state index is 0.0285. The summed E-state index contributed by atoms with van der Waals surface area (Å²) in [6.45, 7) is 3.08. The van der Waals surface area contributed by atoms with Crippen LogP contribution in [0.1, 0.15) is 126 Å². The van der Waals surface area contributed by atoms with Crippen LogP contribution in [-0.2, 0) is 38.4 Å². The van der Waals surface area contributed by atoms with E-state index in [9.17, 15) is 34.5 Å². The Labute approximate surface area is 351 Å². The smallest absolute Gasteiger partial charge is 0.243 e. The lowest BCUT2D eigenvalue weighted by atomic mass is 10.0. The number of nitrogens with two attached hydrogens (primary N) is 1. The molecule has 324 valence electrons. The molecule has 0 spiro atoms. The number of carbonyl (C=O) groups is 4. The molecule has 0 unspecified atom stereocenters. The standard InChI is InChI=1S/C47H69N5O7/c1-2-3-4-5-6-7-8-9-10-11-12-13-14-17-44(56)50-42(33-36-20-26-39(54)27-21-36)46(58)52-43(34-37-22-28-40(55)29-23-37)47(59)51-41(45(57)49-31-16-15-30-48)32-35-18-24-38(53)25-19-35/h18-29,41-43,53-55H,2-17,30-34,48H2,1H3,(H,49,57)(H,50,56)(H,51,59)(H,52,58)/t41-,42-,43-/m0/s1. The van der Waals surface area contributed by atoms with Crippen LogP contribution in [-0.4, -0.2) is 70.2 Å². The maximum atomic E-state index is 14.1. The molecule has 4 amide bonds. The van der Waals surface area contributed by atoms with Crippen LogP contribution >= 0.6 is 0 Å². The Morgan fingerprint density at radius 1 is 0.475 bits per heavy atom.